The van der Waals surface area contributed by atoms with Gasteiger partial charge in [-0.1, -0.05) is 121 Å². The number of aromatic nitrogens is 4. The van der Waals surface area contributed by atoms with Crippen LogP contribution in [0.15, 0.2) is 154 Å². The highest BCUT2D eigenvalue weighted by molar-refractivity contribution is 6.18. The van der Waals surface area contributed by atoms with E-state index < -0.39 is 0 Å². The number of hydrogen-bond acceptors (Lipinski definition) is 6. The molecule has 0 aliphatic heterocycles. The quantitative estimate of drug-likeness (QED) is 0.198. The Balaban J connectivity index is 1.30. The van der Waals surface area contributed by atoms with Crippen molar-refractivity contribution in [2.24, 2.45) is 0 Å². The smallest absolute Gasteiger partial charge is 0.227 e. The van der Waals surface area contributed by atoms with E-state index in [0.717, 1.165) is 49.7 Å². The predicted octanol–water partition coefficient (Wildman–Crippen LogP) is 10.2. The van der Waals surface area contributed by atoms with Gasteiger partial charge in [0.25, 0.3) is 0 Å². The van der Waals surface area contributed by atoms with Gasteiger partial charge < -0.3 is 8.83 Å². The molecule has 0 spiro atoms. The number of nitrogens with zero attached hydrogens (tertiary/aromatic N) is 4. The highest BCUT2D eigenvalue weighted by Crippen LogP contribution is 2.42. The maximum atomic E-state index is 6.45. The lowest BCUT2D eigenvalue weighted by molar-refractivity contribution is 0.617. The van der Waals surface area contributed by atoms with Crippen molar-refractivity contribution in [2.45, 2.75) is 0 Å². The van der Waals surface area contributed by atoms with Gasteiger partial charge in [-0.3, -0.25) is 0 Å². The number of benzene rings is 6. The summed E-state index contributed by atoms with van der Waals surface area (Å²) in [6.45, 7) is 0. The summed E-state index contributed by atoms with van der Waals surface area (Å²) in [5, 5.41) is 1.83. The first-order valence-corrected chi connectivity index (χ1v) is 15.1. The van der Waals surface area contributed by atoms with Crippen molar-refractivity contribution in [2.75, 3.05) is 0 Å². The van der Waals surface area contributed by atoms with E-state index in [0.29, 0.717) is 40.0 Å². The van der Waals surface area contributed by atoms with E-state index in [-0.39, 0.29) is 0 Å². The van der Waals surface area contributed by atoms with Crippen LogP contribution in [0.5, 0.6) is 0 Å². The molecule has 0 atom stereocenters. The fraction of sp³-hybridized carbons (Fsp3) is 0. The Morgan fingerprint density at radius 2 is 0.891 bits per heavy atom. The Labute approximate surface area is 263 Å². The minimum absolute atomic E-state index is 0.495. The van der Waals surface area contributed by atoms with E-state index in [2.05, 4.69) is 30.3 Å². The number of para-hydroxylation sites is 1. The van der Waals surface area contributed by atoms with Gasteiger partial charge in [0.15, 0.2) is 23.1 Å². The Morgan fingerprint density at radius 1 is 0.370 bits per heavy atom. The van der Waals surface area contributed by atoms with Crippen LogP contribution in [0.4, 0.5) is 0 Å². The molecule has 6 nitrogen and oxygen atoms in total. The Bertz CT molecular complexity index is 2450. The molecule has 0 amide bonds. The first-order valence-electron chi connectivity index (χ1n) is 15.1. The lowest BCUT2D eigenvalue weighted by Gasteiger charge is -2.09. The molecule has 3 aromatic heterocycles. The standard InChI is InChI=1S/C40H24N4O2/c1-4-12-25(13-5-1)26-20-22-29(23-21-26)40-41-36-33(46-40)24-32-34(30-18-10-11-19-31(30)45-32)35(36)39-43-37(27-14-6-2-7-15-27)42-38(44-39)28-16-8-3-9-17-28/h1-24H. The molecule has 0 bridgehead atoms. The molecule has 0 unspecified atom stereocenters. The molecular weight excluding hydrogens is 568 g/mol. The summed E-state index contributed by atoms with van der Waals surface area (Å²) in [7, 11) is 0. The fourth-order valence-corrected chi connectivity index (χ4v) is 5.97. The van der Waals surface area contributed by atoms with Crippen molar-refractivity contribution < 1.29 is 8.83 Å². The summed E-state index contributed by atoms with van der Waals surface area (Å²) in [5.74, 6) is 2.15. The zero-order chi connectivity index (χ0) is 30.5. The van der Waals surface area contributed by atoms with Crippen LogP contribution in [0.1, 0.15) is 0 Å². The molecule has 6 heteroatoms. The molecule has 0 N–H and O–H groups in total. The van der Waals surface area contributed by atoms with E-state index in [4.69, 9.17) is 28.8 Å². The number of fused-ring (bicyclic) bond motifs is 4. The molecule has 9 aromatic rings. The lowest BCUT2D eigenvalue weighted by atomic mass is 10.0. The monoisotopic (exact) mass is 592 g/mol. The molecular formula is C40H24N4O2. The van der Waals surface area contributed by atoms with Gasteiger partial charge in [-0.05, 0) is 29.3 Å². The second-order valence-corrected chi connectivity index (χ2v) is 11.1. The highest BCUT2D eigenvalue weighted by Gasteiger charge is 2.24. The zero-order valence-corrected chi connectivity index (χ0v) is 24.5. The van der Waals surface area contributed by atoms with E-state index in [1.807, 2.05) is 115 Å². The van der Waals surface area contributed by atoms with Crippen LogP contribution in [0, 0.1) is 0 Å². The minimum atomic E-state index is 0.495. The summed E-state index contributed by atoms with van der Waals surface area (Å²) >= 11 is 0. The average Bonchev–Trinajstić information content (AvgIpc) is 3.73. The summed E-state index contributed by atoms with van der Waals surface area (Å²) < 4.78 is 12.8. The summed E-state index contributed by atoms with van der Waals surface area (Å²) in [5.41, 5.74) is 8.36. The van der Waals surface area contributed by atoms with Crippen molar-refractivity contribution in [1.29, 1.82) is 0 Å². The Kier molecular flexibility index (Phi) is 6.03. The van der Waals surface area contributed by atoms with Gasteiger partial charge >= 0.3 is 0 Å². The van der Waals surface area contributed by atoms with Crippen LogP contribution in [0.3, 0.4) is 0 Å². The Morgan fingerprint density at radius 3 is 1.54 bits per heavy atom. The second kappa shape index (κ2) is 10.6. The third kappa shape index (κ3) is 4.43. The molecule has 9 rings (SSSR count). The number of furan rings is 1. The molecule has 6 aromatic carbocycles. The van der Waals surface area contributed by atoms with E-state index in [1.165, 1.54) is 0 Å². The zero-order valence-electron chi connectivity index (χ0n) is 24.5. The first-order chi connectivity index (χ1) is 22.8. The maximum Gasteiger partial charge on any atom is 0.227 e. The van der Waals surface area contributed by atoms with Gasteiger partial charge in [0, 0.05) is 33.5 Å². The van der Waals surface area contributed by atoms with Crippen LogP contribution in [0.2, 0.25) is 0 Å². The molecule has 0 radical (unpaired) electrons. The molecule has 216 valence electrons. The van der Waals surface area contributed by atoms with Gasteiger partial charge in [-0.2, -0.15) is 0 Å². The van der Waals surface area contributed by atoms with Crippen molar-refractivity contribution in [3.63, 3.8) is 0 Å². The first kappa shape index (κ1) is 26.0. The summed E-state index contributed by atoms with van der Waals surface area (Å²) in [4.78, 5) is 20.1. The average molecular weight is 593 g/mol. The van der Waals surface area contributed by atoms with Crippen LogP contribution >= 0.6 is 0 Å². The second-order valence-electron chi connectivity index (χ2n) is 11.1. The van der Waals surface area contributed by atoms with E-state index in [9.17, 15) is 0 Å². The largest absolute Gasteiger partial charge is 0.456 e. The summed E-state index contributed by atoms with van der Waals surface area (Å²) in [6, 6.07) is 48.4. The SMILES string of the molecule is c1ccc(-c2ccc(-c3nc4c(-c5nc(-c6ccccc6)nc(-c6ccccc6)n5)c5c(cc4o3)oc3ccccc35)cc2)cc1. The topological polar surface area (TPSA) is 77.8 Å². The van der Waals surface area contributed by atoms with Gasteiger partial charge in [-0.25, -0.2) is 19.9 Å². The van der Waals surface area contributed by atoms with Gasteiger partial charge in [0.05, 0.1) is 5.56 Å². The van der Waals surface area contributed by atoms with Gasteiger partial charge in [0.2, 0.25) is 5.89 Å². The van der Waals surface area contributed by atoms with E-state index in [1.54, 1.807) is 0 Å². The highest BCUT2D eigenvalue weighted by atomic mass is 16.4. The van der Waals surface area contributed by atoms with Crippen molar-refractivity contribution in [1.82, 2.24) is 19.9 Å². The molecule has 0 aliphatic carbocycles. The van der Waals surface area contributed by atoms with Crippen molar-refractivity contribution >= 4 is 33.0 Å². The van der Waals surface area contributed by atoms with Crippen LogP contribution in [-0.2, 0) is 0 Å². The normalized spacial score (nSPS) is 11.5. The molecule has 0 saturated heterocycles. The van der Waals surface area contributed by atoms with Gasteiger partial charge in [0.1, 0.15) is 16.7 Å². The number of hydrogen-bond donors (Lipinski definition) is 0. The lowest BCUT2D eigenvalue weighted by Crippen LogP contribution is -2.01. The molecule has 0 aliphatic rings. The third-order valence-corrected chi connectivity index (χ3v) is 8.19. The van der Waals surface area contributed by atoms with Gasteiger partial charge in [-0.15, -0.1) is 0 Å². The predicted molar refractivity (Wildman–Crippen MR) is 182 cm³/mol. The van der Waals surface area contributed by atoms with Crippen molar-refractivity contribution in [3.05, 3.63) is 146 Å². The van der Waals surface area contributed by atoms with E-state index >= 15 is 0 Å². The number of oxazole rings is 1. The van der Waals surface area contributed by atoms with Crippen LogP contribution < -0.4 is 0 Å². The third-order valence-electron chi connectivity index (χ3n) is 8.19. The minimum Gasteiger partial charge on any atom is -0.456 e. The maximum absolute atomic E-state index is 6.45. The van der Waals surface area contributed by atoms with Crippen molar-refractivity contribution in [3.8, 4) is 56.7 Å². The Hall–Kier alpha value is -6.40. The molecule has 0 saturated carbocycles. The number of rotatable bonds is 5. The van der Waals surface area contributed by atoms with Crippen LogP contribution in [0.25, 0.3) is 89.8 Å². The fourth-order valence-electron chi connectivity index (χ4n) is 5.97. The molecule has 3 heterocycles. The molecule has 0 fully saturated rings. The van der Waals surface area contributed by atoms with Crippen LogP contribution in [-0.4, -0.2) is 19.9 Å². The molecule has 46 heavy (non-hydrogen) atoms. The summed E-state index contributed by atoms with van der Waals surface area (Å²) in [6.07, 6.45) is 0.